The zero-order chi connectivity index (χ0) is 41.9. The monoisotopic (exact) mass is 778 g/mol. The SMILES string of the molecule is C=CC(=O)NC(C)(C)C.CC(C)(C)N1CC1.CC(C)(C)OS(C)(=O)=O.COCC(O)COc1ccc(C(=C(C)C)c2ccc(OCC(C)CO)cc2)cc1. The van der Waals surface area contributed by atoms with E-state index in [1.54, 1.807) is 27.9 Å². The van der Waals surface area contributed by atoms with Crippen molar-refractivity contribution in [3.63, 3.8) is 0 Å². The van der Waals surface area contributed by atoms with Crippen LogP contribution in [0.15, 0.2) is 66.8 Å². The number of nitrogens with zero attached hydrogens (tertiary/aromatic N) is 1. The number of benzene rings is 2. The minimum absolute atomic E-state index is 0.111. The molecular formula is C42H70N2O9S. The summed E-state index contributed by atoms with van der Waals surface area (Å²) in [6.45, 7) is 30.7. The predicted molar refractivity (Wildman–Crippen MR) is 220 cm³/mol. The number of amides is 1. The van der Waals surface area contributed by atoms with E-state index in [0.29, 0.717) is 17.9 Å². The Hall–Kier alpha value is -3.26. The van der Waals surface area contributed by atoms with Crippen molar-refractivity contribution in [2.24, 2.45) is 5.92 Å². The Morgan fingerprint density at radius 3 is 1.56 bits per heavy atom. The Morgan fingerprint density at radius 1 is 0.870 bits per heavy atom. The van der Waals surface area contributed by atoms with Gasteiger partial charge in [-0.2, -0.15) is 8.42 Å². The highest BCUT2D eigenvalue weighted by atomic mass is 32.2. The number of methoxy groups -OCH3 is 1. The summed E-state index contributed by atoms with van der Waals surface area (Å²) in [5.74, 6) is 1.49. The van der Waals surface area contributed by atoms with Crippen molar-refractivity contribution in [2.45, 2.75) is 106 Å². The van der Waals surface area contributed by atoms with Crippen molar-refractivity contribution < 1.29 is 41.8 Å². The van der Waals surface area contributed by atoms with Gasteiger partial charge in [-0.15, -0.1) is 0 Å². The summed E-state index contributed by atoms with van der Waals surface area (Å²) >= 11 is 0. The topological polar surface area (TPSA) is 144 Å². The second kappa shape index (κ2) is 23.6. The number of allylic oxidation sites excluding steroid dienone is 1. The molecule has 2 unspecified atom stereocenters. The van der Waals surface area contributed by atoms with E-state index in [1.165, 1.54) is 24.7 Å². The smallest absolute Gasteiger partial charge is 0.264 e. The van der Waals surface area contributed by atoms with Gasteiger partial charge < -0.3 is 29.7 Å². The zero-order valence-corrected chi connectivity index (χ0v) is 36.2. The van der Waals surface area contributed by atoms with Crippen LogP contribution in [0.4, 0.5) is 0 Å². The molecule has 1 aliphatic rings. The highest BCUT2D eigenvalue weighted by Crippen LogP contribution is 2.30. The molecule has 0 bridgehead atoms. The van der Waals surface area contributed by atoms with Gasteiger partial charge in [-0.05, 0) is 123 Å². The van der Waals surface area contributed by atoms with Gasteiger partial charge in [0.1, 0.15) is 24.2 Å². The molecule has 2 aromatic carbocycles. The van der Waals surface area contributed by atoms with Crippen molar-refractivity contribution in [1.29, 1.82) is 0 Å². The lowest BCUT2D eigenvalue weighted by Crippen LogP contribution is -2.39. The quantitative estimate of drug-likeness (QED) is 0.112. The number of hydrogen-bond donors (Lipinski definition) is 3. The minimum atomic E-state index is -3.28. The molecule has 308 valence electrons. The van der Waals surface area contributed by atoms with Gasteiger partial charge in [-0.3, -0.25) is 13.9 Å². The fourth-order valence-corrected chi connectivity index (χ4v) is 5.41. The summed E-state index contributed by atoms with van der Waals surface area (Å²) in [6, 6.07) is 15.9. The van der Waals surface area contributed by atoms with Gasteiger partial charge in [0.05, 0.1) is 25.1 Å². The Balaban J connectivity index is 0.000000903. The van der Waals surface area contributed by atoms with Crippen LogP contribution in [0.25, 0.3) is 5.57 Å². The van der Waals surface area contributed by atoms with Crippen LogP contribution in [0.5, 0.6) is 11.5 Å². The predicted octanol–water partition coefficient (Wildman–Crippen LogP) is 6.87. The molecule has 12 heteroatoms. The third-order valence-corrected chi connectivity index (χ3v) is 7.72. The second-order valence-electron chi connectivity index (χ2n) is 16.4. The Bertz CT molecular complexity index is 1510. The third kappa shape index (κ3) is 25.7. The van der Waals surface area contributed by atoms with Crippen LogP contribution in [0, 0.1) is 5.92 Å². The average molecular weight is 779 g/mol. The molecule has 1 fully saturated rings. The minimum Gasteiger partial charge on any atom is -0.493 e. The molecule has 0 saturated carbocycles. The molecule has 1 aliphatic heterocycles. The number of carbonyl (C=O) groups is 1. The van der Waals surface area contributed by atoms with Crippen LogP contribution >= 0.6 is 0 Å². The van der Waals surface area contributed by atoms with Crippen LogP contribution in [-0.2, 0) is 23.8 Å². The van der Waals surface area contributed by atoms with E-state index in [4.69, 9.17) is 19.3 Å². The molecular weight excluding hydrogens is 709 g/mol. The number of nitrogens with one attached hydrogen (secondary N) is 1. The van der Waals surface area contributed by atoms with Crippen molar-refractivity contribution in [3.05, 3.63) is 77.9 Å². The second-order valence-corrected chi connectivity index (χ2v) is 18.0. The van der Waals surface area contributed by atoms with E-state index < -0.39 is 21.8 Å². The molecule has 3 N–H and O–H groups in total. The molecule has 0 spiro atoms. The first-order valence-corrected chi connectivity index (χ1v) is 20.0. The zero-order valence-electron chi connectivity index (χ0n) is 35.4. The summed E-state index contributed by atoms with van der Waals surface area (Å²) in [7, 11) is -1.73. The number of ether oxygens (including phenoxy) is 3. The average Bonchev–Trinajstić information content (AvgIpc) is 3.89. The molecule has 1 amide bonds. The van der Waals surface area contributed by atoms with E-state index in [0.717, 1.165) is 28.7 Å². The molecule has 54 heavy (non-hydrogen) atoms. The summed E-state index contributed by atoms with van der Waals surface area (Å²) < 4.78 is 41.7. The van der Waals surface area contributed by atoms with Crippen LogP contribution in [0.3, 0.4) is 0 Å². The van der Waals surface area contributed by atoms with Gasteiger partial charge in [-0.25, -0.2) is 0 Å². The molecule has 1 heterocycles. The van der Waals surface area contributed by atoms with Crippen LogP contribution < -0.4 is 14.8 Å². The maximum absolute atomic E-state index is 10.6. The number of carbonyl (C=O) groups excluding carboxylic acids is 1. The maximum Gasteiger partial charge on any atom is 0.264 e. The summed E-state index contributed by atoms with van der Waals surface area (Å²) in [4.78, 5) is 13.0. The van der Waals surface area contributed by atoms with Gasteiger partial charge in [0, 0.05) is 43.8 Å². The molecule has 2 aromatic rings. The van der Waals surface area contributed by atoms with E-state index in [-0.39, 0.29) is 37.2 Å². The van der Waals surface area contributed by atoms with Crippen molar-refractivity contribution in [3.8, 4) is 11.5 Å². The van der Waals surface area contributed by atoms with Gasteiger partial charge in [0.15, 0.2) is 0 Å². The number of rotatable bonds is 13. The maximum atomic E-state index is 10.6. The van der Waals surface area contributed by atoms with Crippen molar-refractivity contribution >= 4 is 21.6 Å². The number of hydrogen-bond acceptors (Lipinski definition) is 10. The Kier molecular flexibility index (Phi) is 22.2. The molecule has 2 atom stereocenters. The first-order chi connectivity index (χ1) is 24.7. The standard InChI is InChI=1S/C24H32O5.C7H13NO.C6H13N.C5H12O3S/c1-17(2)24(19-5-9-22(10-6-19)28-14-18(3)13-25)20-7-11-23(12-8-20)29-16-21(26)15-27-4;1-5-6(9)8-7(2,3)4;1-6(2,3)7-4-5-7;1-5(2,3)8-9(4,6)7/h5-12,18,21,25-26H,13-16H2,1-4H3;5H,1H2,2-4H3,(H,8,9);4-5H2,1-3H3;1-4H3. The summed E-state index contributed by atoms with van der Waals surface area (Å²) in [5, 5.41) is 21.5. The summed E-state index contributed by atoms with van der Waals surface area (Å²) in [5.41, 5.74) is 4.26. The molecule has 0 aromatic heterocycles. The lowest BCUT2D eigenvalue weighted by atomic mass is 9.94. The highest BCUT2D eigenvalue weighted by Gasteiger charge is 2.29. The van der Waals surface area contributed by atoms with E-state index in [9.17, 15) is 18.3 Å². The Morgan fingerprint density at radius 2 is 1.31 bits per heavy atom. The van der Waals surface area contributed by atoms with Gasteiger partial charge in [0.25, 0.3) is 10.1 Å². The molecule has 0 radical (unpaired) electrons. The summed E-state index contributed by atoms with van der Waals surface area (Å²) in [6.07, 6.45) is 1.66. The van der Waals surface area contributed by atoms with Crippen molar-refractivity contribution in [2.75, 3.05) is 52.9 Å². The first kappa shape index (κ1) is 50.7. The van der Waals surface area contributed by atoms with Gasteiger partial charge in [-0.1, -0.05) is 43.3 Å². The first-order valence-electron chi connectivity index (χ1n) is 18.2. The van der Waals surface area contributed by atoms with Crippen molar-refractivity contribution in [1.82, 2.24) is 10.2 Å². The van der Waals surface area contributed by atoms with Gasteiger partial charge in [0.2, 0.25) is 5.91 Å². The fraction of sp³-hybridized carbons (Fsp3) is 0.595. The number of aliphatic hydroxyl groups excluding tert-OH is 2. The van der Waals surface area contributed by atoms with Crippen LogP contribution in [0.1, 0.15) is 94.2 Å². The molecule has 3 rings (SSSR count). The highest BCUT2D eigenvalue weighted by molar-refractivity contribution is 7.86. The van der Waals surface area contributed by atoms with E-state index >= 15 is 0 Å². The molecule has 0 aliphatic carbocycles. The molecule has 1 saturated heterocycles. The lowest BCUT2D eigenvalue weighted by molar-refractivity contribution is -0.117. The van der Waals surface area contributed by atoms with Crippen LogP contribution in [-0.4, -0.2) is 105 Å². The van der Waals surface area contributed by atoms with Crippen LogP contribution in [0.2, 0.25) is 0 Å². The normalized spacial score (nSPS) is 13.9. The Labute approximate surface area is 326 Å². The van der Waals surface area contributed by atoms with Gasteiger partial charge >= 0.3 is 0 Å². The molecule has 11 nitrogen and oxygen atoms in total. The van der Waals surface area contributed by atoms with E-state index in [2.05, 4.69) is 55.6 Å². The van der Waals surface area contributed by atoms with E-state index in [1.807, 2.05) is 76.2 Å². The third-order valence-electron chi connectivity index (χ3n) is 6.91. The number of aliphatic hydroxyl groups is 2. The fourth-order valence-electron chi connectivity index (χ4n) is 4.50. The lowest BCUT2D eigenvalue weighted by Gasteiger charge is -2.18. The largest absolute Gasteiger partial charge is 0.493 e.